The summed E-state index contributed by atoms with van der Waals surface area (Å²) in [6, 6.07) is 3.32. The quantitative estimate of drug-likeness (QED) is 0.597. The van der Waals surface area contributed by atoms with Gasteiger partial charge in [-0.2, -0.15) is 5.10 Å². The minimum atomic E-state index is -0.285. The monoisotopic (exact) mass is 356 g/mol. The zero-order chi connectivity index (χ0) is 15.8. The molecule has 21 heavy (non-hydrogen) atoms. The first kappa shape index (κ1) is 17.5. The van der Waals surface area contributed by atoms with E-state index in [9.17, 15) is 4.79 Å². The van der Waals surface area contributed by atoms with Crippen molar-refractivity contribution in [2.75, 3.05) is 13.7 Å². The van der Waals surface area contributed by atoms with Crippen LogP contribution in [0.4, 0.5) is 0 Å². The molecule has 0 radical (unpaired) electrons. The van der Waals surface area contributed by atoms with Crippen LogP contribution >= 0.6 is 15.9 Å². The number of nitrogens with zero attached hydrogens (tertiary/aromatic N) is 1. The Kier molecular flexibility index (Phi) is 7.22. The van der Waals surface area contributed by atoms with Crippen molar-refractivity contribution in [1.29, 1.82) is 0 Å². The van der Waals surface area contributed by atoms with Crippen LogP contribution in [0.1, 0.15) is 44.0 Å². The Morgan fingerprint density at radius 2 is 2.10 bits per heavy atom. The molecule has 1 N–H and O–H groups in total. The third-order valence-electron chi connectivity index (χ3n) is 2.74. The predicted molar refractivity (Wildman–Crippen MR) is 87.3 cm³/mol. The maximum absolute atomic E-state index is 12.1. The van der Waals surface area contributed by atoms with E-state index in [0.29, 0.717) is 28.1 Å². The Labute approximate surface area is 133 Å². The molecular formula is C15H21BrN2O3. The molecule has 0 fully saturated rings. The Morgan fingerprint density at radius 3 is 2.67 bits per heavy atom. The highest BCUT2D eigenvalue weighted by molar-refractivity contribution is 9.10. The van der Waals surface area contributed by atoms with Gasteiger partial charge in [0.25, 0.3) is 5.91 Å². The Balaban J connectivity index is 2.95. The highest BCUT2D eigenvalue weighted by atomic mass is 79.9. The van der Waals surface area contributed by atoms with Gasteiger partial charge in [-0.15, -0.1) is 0 Å². The topological polar surface area (TPSA) is 59.9 Å². The van der Waals surface area contributed by atoms with E-state index in [1.807, 2.05) is 13.8 Å². The van der Waals surface area contributed by atoms with Crippen molar-refractivity contribution in [3.05, 3.63) is 22.2 Å². The number of methoxy groups -OCH3 is 1. The Bertz CT molecular complexity index is 530. The molecule has 0 atom stereocenters. The summed E-state index contributed by atoms with van der Waals surface area (Å²) in [6.45, 7) is 6.35. The molecule has 0 aliphatic heterocycles. The number of ether oxygens (including phenoxy) is 2. The van der Waals surface area contributed by atoms with Gasteiger partial charge in [-0.05, 0) is 48.3 Å². The number of nitrogens with one attached hydrogen (secondary N) is 1. The molecule has 0 aliphatic carbocycles. The number of hydrazone groups is 1. The second kappa shape index (κ2) is 8.67. The lowest BCUT2D eigenvalue weighted by molar-refractivity contribution is 0.0954. The SMILES string of the molecule is CCC/C(C)=N\NC(=O)c1cc(Br)c(OCC)c(OC)c1. The molecule has 1 amide bonds. The van der Waals surface area contributed by atoms with Crippen molar-refractivity contribution in [3.8, 4) is 11.5 Å². The number of amides is 1. The molecule has 0 aliphatic rings. The van der Waals surface area contributed by atoms with Crippen molar-refractivity contribution in [2.45, 2.75) is 33.6 Å². The number of carbonyl (C=O) groups excluding carboxylic acids is 1. The summed E-state index contributed by atoms with van der Waals surface area (Å²) < 4.78 is 11.4. The van der Waals surface area contributed by atoms with Crippen molar-refractivity contribution in [2.24, 2.45) is 5.10 Å². The molecule has 0 aromatic heterocycles. The van der Waals surface area contributed by atoms with Gasteiger partial charge in [0.15, 0.2) is 11.5 Å². The normalized spacial score (nSPS) is 11.2. The van der Waals surface area contributed by atoms with E-state index in [-0.39, 0.29) is 5.91 Å². The van der Waals surface area contributed by atoms with Gasteiger partial charge in [-0.25, -0.2) is 5.43 Å². The highest BCUT2D eigenvalue weighted by Crippen LogP contribution is 2.36. The molecule has 0 saturated carbocycles. The fourth-order valence-corrected chi connectivity index (χ4v) is 2.32. The summed E-state index contributed by atoms with van der Waals surface area (Å²) in [5, 5.41) is 4.06. The molecular weight excluding hydrogens is 336 g/mol. The lowest BCUT2D eigenvalue weighted by Crippen LogP contribution is -2.19. The van der Waals surface area contributed by atoms with E-state index in [2.05, 4.69) is 33.4 Å². The van der Waals surface area contributed by atoms with Gasteiger partial charge in [0.2, 0.25) is 0 Å². The van der Waals surface area contributed by atoms with Gasteiger partial charge < -0.3 is 9.47 Å². The summed E-state index contributed by atoms with van der Waals surface area (Å²) in [7, 11) is 1.54. The lowest BCUT2D eigenvalue weighted by Gasteiger charge is -2.12. The zero-order valence-electron chi connectivity index (χ0n) is 12.8. The molecule has 1 aromatic carbocycles. The van der Waals surface area contributed by atoms with E-state index in [1.54, 1.807) is 12.1 Å². The van der Waals surface area contributed by atoms with Gasteiger partial charge in [-0.3, -0.25) is 4.79 Å². The molecule has 0 unspecified atom stereocenters. The van der Waals surface area contributed by atoms with Gasteiger partial charge in [0, 0.05) is 11.3 Å². The molecule has 1 aromatic rings. The van der Waals surface area contributed by atoms with Gasteiger partial charge in [-0.1, -0.05) is 13.3 Å². The average molecular weight is 357 g/mol. The van der Waals surface area contributed by atoms with E-state index < -0.39 is 0 Å². The number of halogens is 1. The van der Waals surface area contributed by atoms with Crippen LogP contribution in [0.15, 0.2) is 21.7 Å². The maximum atomic E-state index is 12.1. The van der Waals surface area contributed by atoms with Crippen LogP contribution in [-0.2, 0) is 0 Å². The van der Waals surface area contributed by atoms with Crippen molar-refractivity contribution < 1.29 is 14.3 Å². The van der Waals surface area contributed by atoms with Crippen molar-refractivity contribution in [3.63, 3.8) is 0 Å². The van der Waals surface area contributed by atoms with E-state index in [4.69, 9.17) is 9.47 Å². The molecule has 0 spiro atoms. The molecule has 6 heteroatoms. The van der Waals surface area contributed by atoms with Gasteiger partial charge in [0.05, 0.1) is 18.2 Å². The van der Waals surface area contributed by atoms with Crippen LogP contribution in [0.2, 0.25) is 0 Å². The maximum Gasteiger partial charge on any atom is 0.271 e. The first-order valence-electron chi connectivity index (χ1n) is 6.87. The first-order chi connectivity index (χ1) is 10.0. The number of hydrogen-bond acceptors (Lipinski definition) is 4. The number of carbonyl (C=O) groups is 1. The third-order valence-corrected chi connectivity index (χ3v) is 3.33. The van der Waals surface area contributed by atoms with Crippen LogP contribution < -0.4 is 14.9 Å². The standard InChI is InChI=1S/C15H21BrN2O3/c1-5-7-10(3)17-18-15(19)11-8-12(16)14(21-6-2)13(9-11)20-4/h8-9H,5-7H2,1-4H3,(H,18,19)/b17-10-. The lowest BCUT2D eigenvalue weighted by atomic mass is 10.2. The average Bonchev–Trinajstić information content (AvgIpc) is 2.47. The molecule has 0 saturated heterocycles. The van der Waals surface area contributed by atoms with Gasteiger partial charge >= 0.3 is 0 Å². The van der Waals surface area contributed by atoms with Gasteiger partial charge in [0.1, 0.15) is 0 Å². The first-order valence-corrected chi connectivity index (χ1v) is 7.66. The van der Waals surface area contributed by atoms with Crippen LogP contribution in [0, 0.1) is 0 Å². The van der Waals surface area contributed by atoms with E-state index in [1.165, 1.54) is 7.11 Å². The molecule has 0 heterocycles. The molecule has 116 valence electrons. The number of rotatable bonds is 7. The smallest absolute Gasteiger partial charge is 0.271 e. The van der Waals surface area contributed by atoms with Crippen LogP contribution in [-0.4, -0.2) is 25.3 Å². The summed E-state index contributed by atoms with van der Waals surface area (Å²) in [6.07, 6.45) is 1.85. The van der Waals surface area contributed by atoms with Crippen molar-refractivity contribution in [1.82, 2.24) is 5.43 Å². The van der Waals surface area contributed by atoms with E-state index >= 15 is 0 Å². The number of benzene rings is 1. The summed E-state index contributed by atoms with van der Waals surface area (Å²) in [5.74, 6) is 0.806. The summed E-state index contributed by atoms with van der Waals surface area (Å²) in [4.78, 5) is 12.1. The second-order valence-corrected chi connectivity index (χ2v) is 5.31. The summed E-state index contributed by atoms with van der Waals surface area (Å²) in [5.41, 5.74) is 3.89. The molecule has 1 rings (SSSR count). The minimum absolute atomic E-state index is 0.285. The van der Waals surface area contributed by atoms with Crippen molar-refractivity contribution >= 4 is 27.5 Å². The fourth-order valence-electron chi connectivity index (χ4n) is 1.76. The second-order valence-electron chi connectivity index (χ2n) is 4.46. The third kappa shape index (κ3) is 5.04. The van der Waals surface area contributed by atoms with Crippen LogP contribution in [0.25, 0.3) is 0 Å². The Hall–Kier alpha value is -1.56. The summed E-state index contributed by atoms with van der Waals surface area (Å²) >= 11 is 3.39. The highest BCUT2D eigenvalue weighted by Gasteiger charge is 2.15. The molecule has 0 bridgehead atoms. The number of hydrogen-bond donors (Lipinski definition) is 1. The predicted octanol–water partition coefficient (Wildman–Crippen LogP) is 3.76. The van der Waals surface area contributed by atoms with E-state index in [0.717, 1.165) is 18.6 Å². The van der Waals surface area contributed by atoms with Crippen LogP contribution in [0.5, 0.6) is 11.5 Å². The molecule has 5 nitrogen and oxygen atoms in total. The fraction of sp³-hybridized carbons (Fsp3) is 0.467. The van der Waals surface area contributed by atoms with Crippen LogP contribution in [0.3, 0.4) is 0 Å². The minimum Gasteiger partial charge on any atom is -0.493 e. The Morgan fingerprint density at radius 1 is 1.38 bits per heavy atom. The largest absolute Gasteiger partial charge is 0.493 e. The zero-order valence-corrected chi connectivity index (χ0v) is 14.4.